The zero-order chi connectivity index (χ0) is 40.1. The third-order valence-corrected chi connectivity index (χ3v) is 14.0. The molecule has 0 unspecified atom stereocenters. The summed E-state index contributed by atoms with van der Waals surface area (Å²) in [6.07, 6.45) is 0. The van der Waals surface area contributed by atoms with Crippen molar-refractivity contribution < 1.29 is 4.74 Å². The number of aromatic nitrogens is 2. The van der Waals surface area contributed by atoms with Crippen LogP contribution >= 0.6 is 11.3 Å². The highest BCUT2D eigenvalue weighted by atomic mass is 32.1. The fraction of sp³-hybridized carbons (Fsp3) is 0.0175. The summed E-state index contributed by atoms with van der Waals surface area (Å²) in [4.78, 5) is 10.6. The molecule has 0 saturated carbocycles. The molecule has 1 aliphatic carbocycles. The van der Waals surface area contributed by atoms with E-state index in [-0.39, 0.29) is 0 Å². The molecule has 3 heterocycles. The van der Waals surface area contributed by atoms with E-state index in [0.29, 0.717) is 0 Å². The van der Waals surface area contributed by atoms with Crippen LogP contribution in [0.3, 0.4) is 0 Å². The van der Waals surface area contributed by atoms with E-state index in [1.54, 1.807) is 11.3 Å². The number of thiophene rings is 1. The van der Waals surface area contributed by atoms with Gasteiger partial charge in [-0.15, -0.1) is 11.3 Å². The van der Waals surface area contributed by atoms with Gasteiger partial charge < -0.3 is 4.74 Å². The van der Waals surface area contributed by atoms with Crippen LogP contribution in [0.1, 0.15) is 22.3 Å². The van der Waals surface area contributed by atoms with E-state index in [1.807, 2.05) is 0 Å². The van der Waals surface area contributed by atoms with Crippen molar-refractivity contribution in [1.29, 1.82) is 0 Å². The molecule has 0 radical (unpaired) electrons. The summed E-state index contributed by atoms with van der Waals surface area (Å²) < 4.78 is 8.88. The van der Waals surface area contributed by atoms with E-state index >= 15 is 0 Å². The second-order valence-electron chi connectivity index (χ2n) is 16.0. The summed E-state index contributed by atoms with van der Waals surface area (Å²) in [5.74, 6) is 2.56. The Morgan fingerprint density at radius 1 is 0.393 bits per heavy atom. The Morgan fingerprint density at radius 3 is 1.69 bits per heavy atom. The molecule has 0 fully saturated rings. The van der Waals surface area contributed by atoms with Gasteiger partial charge in [-0.3, -0.25) is 0 Å². The minimum atomic E-state index is -0.490. The monoisotopic (exact) mass is 794 g/mol. The molecule has 0 N–H and O–H groups in total. The number of hydrogen-bond acceptors (Lipinski definition) is 4. The maximum Gasteiger partial charge on any atom is 0.161 e. The Morgan fingerprint density at radius 2 is 0.934 bits per heavy atom. The number of benzene rings is 9. The molecule has 0 amide bonds. The maximum absolute atomic E-state index is 6.56. The van der Waals surface area contributed by atoms with E-state index in [2.05, 4.69) is 206 Å². The Balaban J connectivity index is 0.886. The average molecular weight is 795 g/mol. The first kappa shape index (κ1) is 34.2. The molecule has 0 bridgehead atoms. The van der Waals surface area contributed by atoms with Crippen LogP contribution in [0.15, 0.2) is 206 Å². The molecular formula is C57H34N2OS. The van der Waals surface area contributed by atoms with Crippen molar-refractivity contribution >= 4 is 42.4 Å². The summed E-state index contributed by atoms with van der Waals surface area (Å²) in [6, 6.07) is 74.3. The van der Waals surface area contributed by atoms with Gasteiger partial charge >= 0.3 is 0 Å². The number of para-hydroxylation sites is 2. The topological polar surface area (TPSA) is 35.0 Å². The zero-order valence-electron chi connectivity index (χ0n) is 32.8. The van der Waals surface area contributed by atoms with Crippen LogP contribution in [0.2, 0.25) is 0 Å². The number of rotatable bonds is 4. The maximum atomic E-state index is 6.56. The zero-order valence-corrected chi connectivity index (χ0v) is 33.7. The van der Waals surface area contributed by atoms with Gasteiger partial charge in [0.2, 0.25) is 0 Å². The Labute approximate surface area is 356 Å². The number of ether oxygens (including phenoxy) is 1. The molecule has 2 aliphatic rings. The summed E-state index contributed by atoms with van der Waals surface area (Å²) in [6.45, 7) is 0. The summed E-state index contributed by atoms with van der Waals surface area (Å²) in [7, 11) is 0. The van der Waals surface area contributed by atoms with Gasteiger partial charge in [0.15, 0.2) is 5.82 Å². The minimum absolute atomic E-state index is 0.490. The first-order chi connectivity index (χ1) is 30.2. The van der Waals surface area contributed by atoms with Crippen molar-refractivity contribution in [3.63, 3.8) is 0 Å². The van der Waals surface area contributed by atoms with Crippen LogP contribution in [0.25, 0.3) is 87.1 Å². The van der Waals surface area contributed by atoms with Gasteiger partial charge in [-0.2, -0.15) is 0 Å². The quantitative estimate of drug-likeness (QED) is 0.178. The van der Waals surface area contributed by atoms with Crippen LogP contribution < -0.4 is 4.74 Å². The van der Waals surface area contributed by atoms with E-state index in [4.69, 9.17) is 14.7 Å². The molecule has 61 heavy (non-hydrogen) atoms. The lowest BCUT2D eigenvalue weighted by Gasteiger charge is -2.39. The number of hydrogen-bond donors (Lipinski definition) is 0. The summed E-state index contributed by atoms with van der Waals surface area (Å²) in [5, 5.41) is 3.49. The van der Waals surface area contributed by atoms with Crippen LogP contribution in [0, 0.1) is 0 Å². The minimum Gasteiger partial charge on any atom is -0.457 e. The van der Waals surface area contributed by atoms with Gasteiger partial charge in [0.25, 0.3) is 0 Å². The number of fused-ring (bicyclic) bond motifs is 13. The standard InChI is InChI=1S/C57H34N2OS/c1-2-14-41-38(12-1)13-11-17-44(41)56-58-53(55-54(59-56)45-16-4-10-23-52(45)61-55)39-30-28-36(29-31-39)35-24-26-37(27-25-35)40-32-33-43-42-15-3-5-18-46(42)57(49(43)34-40)47-19-6-8-21-50(47)60-51-22-9-7-20-48(51)57/h1-34H. The Kier molecular flexibility index (Phi) is 7.39. The van der Waals surface area contributed by atoms with Crippen LogP contribution in [-0.4, -0.2) is 9.97 Å². The molecule has 3 nitrogen and oxygen atoms in total. The molecule has 0 saturated heterocycles. The lowest BCUT2D eigenvalue weighted by molar-refractivity contribution is 0.436. The van der Waals surface area contributed by atoms with Crippen molar-refractivity contribution in [3.8, 4) is 67.5 Å². The molecule has 11 aromatic rings. The van der Waals surface area contributed by atoms with Crippen molar-refractivity contribution in [2.75, 3.05) is 0 Å². The average Bonchev–Trinajstić information content (AvgIpc) is 3.85. The van der Waals surface area contributed by atoms with Gasteiger partial charge in [0.05, 0.1) is 21.3 Å². The predicted molar refractivity (Wildman–Crippen MR) is 252 cm³/mol. The van der Waals surface area contributed by atoms with Crippen LogP contribution in [0.5, 0.6) is 11.5 Å². The second-order valence-corrected chi connectivity index (χ2v) is 17.1. The lowest BCUT2D eigenvalue weighted by atomic mass is 9.66. The molecular weight excluding hydrogens is 761 g/mol. The second kappa shape index (κ2) is 13.2. The highest BCUT2D eigenvalue weighted by Gasteiger charge is 2.51. The van der Waals surface area contributed by atoms with E-state index < -0.39 is 5.41 Å². The molecule has 2 aromatic heterocycles. The summed E-state index contributed by atoms with van der Waals surface area (Å²) in [5.41, 5.74) is 15.7. The van der Waals surface area contributed by atoms with Gasteiger partial charge in [-0.05, 0) is 79.5 Å². The van der Waals surface area contributed by atoms with E-state index in [0.717, 1.165) is 60.7 Å². The molecule has 284 valence electrons. The number of nitrogens with zero attached hydrogens (tertiary/aromatic N) is 2. The largest absolute Gasteiger partial charge is 0.457 e. The van der Waals surface area contributed by atoms with Gasteiger partial charge in [-0.25, -0.2) is 9.97 Å². The third kappa shape index (κ3) is 5.03. The normalized spacial score (nSPS) is 13.2. The third-order valence-electron chi connectivity index (χ3n) is 12.8. The van der Waals surface area contributed by atoms with Gasteiger partial charge in [-0.1, -0.05) is 182 Å². The predicted octanol–water partition coefficient (Wildman–Crippen LogP) is 15.1. The smallest absolute Gasteiger partial charge is 0.161 e. The molecule has 1 aliphatic heterocycles. The van der Waals surface area contributed by atoms with Gasteiger partial charge in [0.1, 0.15) is 11.5 Å². The van der Waals surface area contributed by atoms with E-state index in [9.17, 15) is 0 Å². The van der Waals surface area contributed by atoms with E-state index in [1.165, 1.54) is 60.2 Å². The highest BCUT2D eigenvalue weighted by molar-refractivity contribution is 7.26. The molecule has 1 spiro atoms. The van der Waals surface area contributed by atoms with Crippen LogP contribution in [0.4, 0.5) is 0 Å². The van der Waals surface area contributed by atoms with Crippen molar-refractivity contribution in [3.05, 3.63) is 229 Å². The Bertz CT molecular complexity index is 3520. The van der Waals surface area contributed by atoms with Crippen LogP contribution in [-0.2, 0) is 5.41 Å². The molecule has 0 atom stereocenters. The molecule has 4 heteroatoms. The fourth-order valence-electron chi connectivity index (χ4n) is 10.0. The van der Waals surface area contributed by atoms with Gasteiger partial charge in [0, 0.05) is 32.3 Å². The molecule has 13 rings (SSSR count). The van der Waals surface area contributed by atoms with Crippen molar-refractivity contribution in [1.82, 2.24) is 9.97 Å². The summed E-state index contributed by atoms with van der Waals surface area (Å²) >= 11 is 1.76. The van der Waals surface area contributed by atoms with Crippen molar-refractivity contribution in [2.24, 2.45) is 0 Å². The van der Waals surface area contributed by atoms with Crippen molar-refractivity contribution in [2.45, 2.75) is 5.41 Å². The highest BCUT2D eigenvalue weighted by Crippen LogP contribution is 2.62. The first-order valence-electron chi connectivity index (χ1n) is 20.7. The first-order valence-corrected chi connectivity index (χ1v) is 21.5. The Hall–Kier alpha value is -7.66. The molecule has 9 aromatic carbocycles. The fourth-order valence-corrected chi connectivity index (χ4v) is 11.2. The SMILES string of the molecule is c1ccc2c(c1)Oc1ccccc1C21c2ccccc2-c2ccc(-c3ccc(-c4ccc(-c5nc(-c6cccc7ccccc67)nc6c5sc5ccccc56)cc4)cc3)cc21. The lowest BCUT2D eigenvalue weighted by Crippen LogP contribution is -2.32.